The smallest absolute Gasteiger partial charge is 0.284 e. The molecule has 1 fully saturated rings. The average molecular weight is 351 g/mol. The molecule has 0 saturated carbocycles. The van der Waals surface area contributed by atoms with E-state index in [2.05, 4.69) is 34.4 Å². The molecule has 1 saturated heterocycles. The largest absolute Gasteiger partial charge is 0.454 e. The van der Waals surface area contributed by atoms with Gasteiger partial charge in [0.25, 0.3) is 5.91 Å². The Bertz CT molecular complexity index is 591. The van der Waals surface area contributed by atoms with Crippen LogP contribution in [0.3, 0.4) is 0 Å². The number of ether oxygens (including phenoxy) is 1. The molecule has 8 nitrogen and oxygen atoms in total. The standard InChI is InChI=1S/C17H29N5O3/c1-4-19-16(20-11-13-5-6-14(25-13)15(18)23)21-12-17(2,3)22-7-9-24-10-8-22/h5-6H,4,7-12H2,1-3H3,(H2,18,23)(H2,19,20,21). The number of carbonyl (C=O) groups is 1. The predicted molar refractivity (Wildman–Crippen MR) is 96.5 cm³/mol. The third kappa shape index (κ3) is 5.75. The van der Waals surface area contributed by atoms with Crippen molar-refractivity contribution in [3.05, 3.63) is 23.7 Å². The van der Waals surface area contributed by atoms with Crippen LogP contribution in [0, 0.1) is 0 Å². The fourth-order valence-corrected chi connectivity index (χ4v) is 2.67. The summed E-state index contributed by atoms with van der Waals surface area (Å²) in [5.41, 5.74) is 5.18. The molecule has 1 aromatic rings. The maximum absolute atomic E-state index is 11.1. The minimum Gasteiger partial charge on any atom is -0.454 e. The van der Waals surface area contributed by atoms with Crippen LogP contribution in [-0.4, -0.2) is 61.7 Å². The van der Waals surface area contributed by atoms with Gasteiger partial charge in [-0.25, -0.2) is 4.99 Å². The van der Waals surface area contributed by atoms with E-state index in [0.717, 1.165) is 39.4 Å². The fraction of sp³-hybridized carbons (Fsp3) is 0.647. The van der Waals surface area contributed by atoms with Crippen LogP contribution in [0.4, 0.5) is 0 Å². The second-order valence-corrected chi connectivity index (χ2v) is 6.59. The summed E-state index contributed by atoms with van der Waals surface area (Å²) >= 11 is 0. The van der Waals surface area contributed by atoms with Gasteiger partial charge in [-0.3, -0.25) is 9.69 Å². The second-order valence-electron chi connectivity index (χ2n) is 6.59. The zero-order valence-corrected chi connectivity index (χ0v) is 15.3. The number of nitrogens with one attached hydrogen (secondary N) is 2. The lowest BCUT2D eigenvalue weighted by atomic mass is 10.0. The number of amides is 1. The summed E-state index contributed by atoms with van der Waals surface area (Å²) in [6.45, 7) is 11.7. The number of aliphatic imine (C=N–C) groups is 1. The van der Waals surface area contributed by atoms with Gasteiger partial charge in [0.15, 0.2) is 11.7 Å². The Balaban J connectivity index is 1.93. The Kier molecular flexibility index (Phi) is 6.83. The summed E-state index contributed by atoms with van der Waals surface area (Å²) in [5.74, 6) is 0.878. The Hall–Kier alpha value is -2.06. The summed E-state index contributed by atoms with van der Waals surface area (Å²) in [6.07, 6.45) is 0. The molecule has 0 bridgehead atoms. The van der Waals surface area contributed by atoms with Crippen LogP contribution < -0.4 is 16.4 Å². The number of guanidine groups is 1. The molecule has 4 N–H and O–H groups in total. The highest BCUT2D eigenvalue weighted by Gasteiger charge is 2.28. The molecule has 0 unspecified atom stereocenters. The summed E-state index contributed by atoms with van der Waals surface area (Å²) in [4.78, 5) is 18.0. The Labute approximate surface area is 148 Å². The van der Waals surface area contributed by atoms with Gasteiger partial charge in [-0.1, -0.05) is 0 Å². The van der Waals surface area contributed by atoms with E-state index in [1.807, 2.05) is 6.92 Å². The van der Waals surface area contributed by atoms with Crippen molar-refractivity contribution in [3.63, 3.8) is 0 Å². The van der Waals surface area contributed by atoms with Crippen LogP contribution in [-0.2, 0) is 11.3 Å². The third-order valence-electron chi connectivity index (χ3n) is 4.20. The van der Waals surface area contributed by atoms with E-state index in [1.165, 1.54) is 0 Å². The highest BCUT2D eigenvalue weighted by molar-refractivity contribution is 5.89. The molecule has 1 aromatic heterocycles. The van der Waals surface area contributed by atoms with Gasteiger partial charge < -0.3 is 25.5 Å². The maximum atomic E-state index is 11.1. The first kappa shape index (κ1) is 19.3. The number of nitrogens with zero attached hydrogens (tertiary/aromatic N) is 2. The molecule has 8 heteroatoms. The van der Waals surface area contributed by atoms with Crippen LogP contribution in [0.5, 0.6) is 0 Å². The highest BCUT2D eigenvalue weighted by Crippen LogP contribution is 2.15. The lowest BCUT2D eigenvalue weighted by Crippen LogP contribution is -2.56. The number of morpholine rings is 1. The van der Waals surface area contributed by atoms with Gasteiger partial charge in [0.1, 0.15) is 12.3 Å². The molecular weight excluding hydrogens is 322 g/mol. The number of hydrogen-bond acceptors (Lipinski definition) is 5. The molecule has 1 aliphatic heterocycles. The lowest BCUT2D eigenvalue weighted by Gasteiger charge is -2.41. The Morgan fingerprint density at radius 2 is 2.04 bits per heavy atom. The van der Waals surface area contributed by atoms with E-state index >= 15 is 0 Å². The van der Waals surface area contributed by atoms with E-state index in [0.29, 0.717) is 18.3 Å². The van der Waals surface area contributed by atoms with Gasteiger partial charge in [-0.2, -0.15) is 0 Å². The van der Waals surface area contributed by atoms with E-state index < -0.39 is 5.91 Å². The van der Waals surface area contributed by atoms with Crippen molar-refractivity contribution in [2.24, 2.45) is 10.7 Å². The number of furan rings is 1. The first-order valence-electron chi connectivity index (χ1n) is 8.66. The lowest BCUT2D eigenvalue weighted by molar-refractivity contribution is -0.00834. The normalized spacial score (nSPS) is 16.7. The molecule has 0 spiro atoms. The fourth-order valence-electron chi connectivity index (χ4n) is 2.67. The average Bonchev–Trinajstić information content (AvgIpc) is 3.07. The number of hydrogen-bond donors (Lipinski definition) is 3. The van der Waals surface area contributed by atoms with Crippen molar-refractivity contribution in [1.29, 1.82) is 0 Å². The SMILES string of the molecule is CCNC(=NCc1ccc(C(N)=O)o1)NCC(C)(C)N1CCOCC1. The quantitative estimate of drug-likeness (QED) is 0.489. The van der Waals surface area contributed by atoms with E-state index in [9.17, 15) is 4.79 Å². The topological polar surface area (TPSA) is 105 Å². The van der Waals surface area contributed by atoms with Gasteiger partial charge in [0.05, 0.1) is 13.2 Å². The minimum absolute atomic E-state index is 0.0101. The molecule has 0 aromatic carbocycles. The molecule has 0 aliphatic carbocycles. The maximum Gasteiger partial charge on any atom is 0.284 e. The molecule has 0 atom stereocenters. The number of primary amides is 1. The molecule has 2 heterocycles. The van der Waals surface area contributed by atoms with Crippen LogP contribution in [0.15, 0.2) is 21.5 Å². The van der Waals surface area contributed by atoms with E-state index in [-0.39, 0.29) is 11.3 Å². The predicted octanol–water partition coefficient (Wildman–Crippen LogP) is 0.544. The highest BCUT2D eigenvalue weighted by atomic mass is 16.5. The zero-order valence-electron chi connectivity index (χ0n) is 15.3. The molecule has 1 amide bonds. The zero-order chi connectivity index (χ0) is 18.3. The number of rotatable bonds is 7. The van der Waals surface area contributed by atoms with E-state index in [1.54, 1.807) is 12.1 Å². The summed E-state index contributed by atoms with van der Waals surface area (Å²) < 4.78 is 10.8. The molecule has 1 aliphatic rings. The van der Waals surface area contributed by atoms with E-state index in [4.69, 9.17) is 14.9 Å². The van der Waals surface area contributed by atoms with Crippen LogP contribution in [0.2, 0.25) is 0 Å². The van der Waals surface area contributed by atoms with Crippen molar-refractivity contribution in [2.45, 2.75) is 32.9 Å². The number of nitrogens with two attached hydrogens (primary N) is 1. The number of carbonyl (C=O) groups excluding carboxylic acids is 1. The first-order chi connectivity index (χ1) is 11.9. The van der Waals surface area contributed by atoms with Crippen LogP contribution >= 0.6 is 0 Å². The van der Waals surface area contributed by atoms with Crippen molar-refractivity contribution in [1.82, 2.24) is 15.5 Å². The minimum atomic E-state index is -0.576. The Morgan fingerprint density at radius 1 is 1.32 bits per heavy atom. The van der Waals surface area contributed by atoms with Crippen LogP contribution in [0.25, 0.3) is 0 Å². The van der Waals surface area contributed by atoms with Crippen LogP contribution in [0.1, 0.15) is 37.1 Å². The molecule has 140 valence electrons. The third-order valence-corrected chi connectivity index (χ3v) is 4.20. The van der Waals surface area contributed by atoms with Gasteiger partial charge in [-0.05, 0) is 32.9 Å². The molecule has 25 heavy (non-hydrogen) atoms. The summed E-state index contributed by atoms with van der Waals surface area (Å²) in [5, 5.41) is 6.60. The molecule has 0 radical (unpaired) electrons. The molecule has 2 rings (SSSR count). The van der Waals surface area contributed by atoms with Crippen molar-refractivity contribution in [3.8, 4) is 0 Å². The van der Waals surface area contributed by atoms with Gasteiger partial charge in [-0.15, -0.1) is 0 Å². The van der Waals surface area contributed by atoms with Crippen molar-refractivity contribution >= 4 is 11.9 Å². The summed E-state index contributed by atoms with van der Waals surface area (Å²) in [6, 6.07) is 3.28. The molecular formula is C17H29N5O3. The first-order valence-corrected chi connectivity index (χ1v) is 8.66. The van der Waals surface area contributed by atoms with Gasteiger partial charge in [0, 0.05) is 31.7 Å². The summed E-state index contributed by atoms with van der Waals surface area (Å²) in [7, 11) is 0. The van der Waals surface area contributed by atoms with Gasteiger partial charge in [0.2, 0.25) is 0 Å². The van der Waals surface area contributed by atoms with Crippen molar-refractivity contribution in [2.75, 3.05) is 39.4 Å². The van der Waals surface area contributed by atoms with Gasteiger partial charge >= 0.3 is 0 Å². The second kappa shape index (κ2) is 8.87. The van der Waals surface area contributed by atoms with Crippen molar-refractivity contribution < 1.29 is 13.9 Å². The Morgan fingerprint density at radius 3 is 2.64 bits per heavy atom. The monoisotopic (exact) mass is 351 g/mol.